The van der Waals surface area contributed by atoms with Crippen LogP contribution in [0.25, 0.3) is 0 Å². The zero-order valence-electron chi connectivity index (χ0n) is 17.2. The lowest BCUT2D eigenvalue weighted by molar-refractivity contribution is -0.116. The number of amides is 1. The second-order valence-corrected chi connectivity index (χ2v) is 8.40. The summed E-state index contributed by atoms with van der Waals surface area (Å²) in [5, 5.41) is 5.57. The van der Waals surface area contributed by atoms with Gasteiger partial charge in [0, 0.05) is 11.8 Å². The highest BCUT2D eigenvalue weighted by Gasteiger charge is 2.04. The van der Waals surface area contributed by atoms with E-state index in [4.69, 9.17) is 0 Å². The van der Waals surface area contributed by atoms with Crippen molar-refractivity contribution in [2.45, 2.75) is 117 Å². The van der Waals surface area contributed by atoms with E-state index in [0.717, 1.165) is 17.2 Å². The number of nitrogens with one attached hydrogen (secondary N) is 1. The molecule has 0 fully saturated rings. The van der Waals surface area contributed by atoms with Gasteiger partial charge in [-0.1, -0.05) is 96.8 Å². The third-order valence-electron chi connectivity index (χ3n) is 4.87. The van der Waals surface area contributed by atoms with E-state index < -0.39 is 0 Å². The maximum atomic E-state index is 11.8. The molecular weight excluding hydrogens is 340 g/mol. The Labute approximate surface area is 165 Å². The Bertz CT molecular complexity index is 459. The molecular formula is C22H40N2OS. The van der Waals surface area contributed by atoms with Gasteiger partial charge in [0.05, 0.1) is 5.69 Å². The van der Waals surface area contributed by atoms with Gasteiger partial charge in [0.2, 0.25) is 5.91 Å². The third kappa shape index (κ3) is 13.3. The van der Waals surface area contributed by atoms with Gasteiger partial charge in [0.25, 0.3) is 0 Å². The first kappa shape index (κ1) is 23.1. The molecule has 0 radical (unpaired) electrons. The first-order chi connectivity index (χ1) is 12.7. The number of unbranched alkanes of at least 4 members (excludes halogenated alkanes) is 14. The van der Waals surface area contributed by atoms with Crippen molar-refractivity contribution in [1.29, 1.82) is 0 Å². The molecule has 26 heavy (non-hydrogen) atoms. The van der Waals surface area contributed by atoms with Gasteiger partial charge in [-0.05, 0) is 13.3 Å². The highest BCUT2D eigenvalue weighted by atomic mass is 32.1. The van der Waals surface area contributed by atoms with Crippen LogP contribution in [-0.4, -0.2) is 10.9 Å². The van der Waals surface area contributed by atoms with Crippen LogP contribution in [-0.2, 0) is 4.79 Å². The van der Waals surface area contributed by atoms with Crippen LogP contribution in [0.3, 0.4) is 0 Å². The Balaban J connectivity index is 1.77. The van der Waals surface area contributed by atoms with E-state index in [1.807, 2.05) is 12.3 Å². The predicted molar refractivity (Wildman–Crippen MR) is 115 cm³/mol. The van der Waals surface area contributed by atoms with E-state index in [1.54, 1.807) is 0 Å². The number of rotatable bonds is 17. The molecule has 0 aliphatic heterocycles. The molecule has 3 nitrogen and oxygen atoms in total. The average Bonchev–Trinajstić information content (AvgIpc) is 3.03. The van der Waals surface area contributed by atoms with Gasteiger partial charge < -0.3 is 5.32 Å². The summed E-state index contributed by atoms with van der Waals surface area (Å²) in [7, 11) is 0. The third-order valence-corrected chi connectivity index (χ3v) is 5.75. The molecule has 1 aromatic heterocycles. The van der Waals surface area contributed by atoms with E-state index in [1.165, 1.54) is 101 Å². The molecule has 1 heterocycles. The first-order valence-electron chi connectivity index (χ1n) is 10.9. The Morgan fingerprint density at radius 3 is 1.73 bits per heavy atom. The van der Waals surface area contributed by atoms with Gasteiger partial charge in [-0.2, -0.15) is 0 Å². The van der Waals surface area contributed by atoms with Crippen molar-refractivity contribution < 1.29 is 4.79 Å². The van der Waals surface area contributed by atoms with Gasteiger partial charge in [-0.15, -0.1) is 11.3 Å². The minimum atomic E-state index is 0.106. The molecule has 0 bridgehead atoms. The molecule has 0 spiro atoms. The van der Waals surface area contributed by atoms with E-state index in [0.29, 0.717) is 6.42 Å². The summed E-state index contributed by atoms with van der Waals surface area (Å²) in [6, 6.07) is 0. The molecule has 1 N–H and O–H groups in total. The molecule has 0 aromatic carbocycles. The minimum absolute atomic E-state index is 0.106. The van der Waals surface area contributed by atoms with E-state index in [-0.39, 0.29) is 5.91 Å². The highest BCUT2D eigenvalue weighted by molar-refractivity contribution is 7.13. The van der Waals surface area contributed by atoms with Gasteiger partial charge in [0.1, 0.15) is 0 Å². The fraction of sp³-hybridized carbons (Fsp3) is 0.818. The van der Waals surface area contributed by atoms with Crippen molar-refractivity contribution in [3.8, 4) is 0 Å². The summed E-state index contributed by atoms with van der Waals surface area (Å²) in [6.45, 7) is 4.22. The van der Waals surface area contributed by atoms with Crippen molar-refractivity contribution in [2.75, 3.05) is 5.32 Å². The maximum absolute atomic E-state index is 11.8. The van der Waals surface area contributed by atoms with Crippen molar-refractivity contribution in [3.63, 3.8) is 0 Å². The number of anilines is 1. The number of hydrogen-bond donors (Lipinski definition) is 1. The summed E-state index contributed by atoms with van der Waals surface area (Å²) in [6.07, 6.45) is 20.9. The van der Waals surface area contributed by atoms with Gasteiger partial charge >= 0.3 is 0 Å². The molecule has 1 amide bonds. The molecule has 0 saturated carbocycles. The van der Waals surface area contributed by atoms with E-state index in [9.17, 15) is 4.79 Å². The molecule has 0 unspecified atom stereocenters. The molecule has 0 saturated heterocycles. The van der Waals surface area contributed by atoms with Crippen LogP contribution in [0.5, 0.6) is 0 Å². The van der Waals surface area contributed by atoms with Crippen molar-refractivity contribution in [1.82, 2.24) is 4.98 Å². The smallest absolute Gasteiger partial charge is 0.226 e. The van der Waals surface area contributed by atoms with Crippen molar-refractivity contribution >= 4 is 22.4 Å². The highest BCUT2D eigenvalue weighted by Crippen LogP contribution is 2.16. The Hall–Kier alpha value is -0.900. The molecule has 1 rings (SSSR count). The first-order valence-corrected chi connectivity index (χ1v) is 11.8. The number of hydrogen-bond acceptors (Lipinski definition) is 3. The van der Waals surface area contributed by atoms with Crippen LogP contribution in [0.4, 0.5) is 5.13 Å². The number of nitrogens with zero attached hydrogens (tertiary/aromatic N) is 1. The number of aromatic nitrogens is 1. The summed E-state index contributed by atoms with van der Waals surface area (Å²) in [5.74, 6) is 0.106. The molecule has 0 atom stereocenters. The molecule has 0 aliphatic rings. The number of aryl methyl sites for hydroxylation is 1. The van der Waals surface area contributed by atoms with Gasteiger partial charge in [-0.25, -0.2) is 4.98 Å². The lowest BCUT2D eigenvalue weighted by Gasteiger charge is -2.04. The van der Waals surface area contributed by atoms with Crippen molar-refractivity contribution in [3.05, 3.63) is 11.1 Å². The minimum Gasteiger partial charge on any atom is -0.302 e. The normalized spacial score (nSPS) is 11.0. The van der Waals surface area contributed by atoms with Gasteiger partial charge in [0.15, 0.2) is 5.13 Å². The van der Waals surface area contributed by atoms with Crippen LogP contribution in [0.2, 0.25) is 0 Å². The SMILES string of the molecule is CCCCCCCCCCCCCCCCCC(=O)Nc1nc(C)cs1. The predicted octanol–water partition coefficient (Wildman–Crippen LogP) is 7.65. The zero-order chi connectivity index (χ0) is 18.9. The molecule has 1 aromatic rings. The maximum Gasteiger partial charge on any atom is 0.226 e. The summed E-state index contributed by atoms with van der Waals surface area (Å²) < 4.78 is 0. The van der Waals surface area contributed by atoms with Crippen LogP contribution >= 0.6 is 11.3 Å². The van der Waals surface area contributed by atoms with Crippen LogP contribution < -0.4 is 5.32 Å². The summed E-state index contributed by atoms with van der Waals surface area (Å²) in [4.78, 5) is 16.1. The van der Waals surface area contributed by atoms with E-state index >= 15 is 0 Å². The Morgan fingerprint density at radius 2 is 1.31 bits per heavy atom. The lowest BCUT2D eigenvalue weighted by atomic mass is 10.0. The molecule has 150 valence electrons. The summed E-state index contributed by atoms with van der Waals surface area (Å²) >= 11 is 1.50. The Kier molecular flexibility index (Phi) is 14.5. The largest absolute Gasteiger partial charge is 0.302 e. The van der Waals surface area contributed by atoms with Crippen LogP contribution in [0.1, 0.15) is 115 Å². The fourth-order valence-electron chi connectivity index (χ4n) is 3.25. The zero-order valence-corrected chi connectivity index (χ0v) is 18.0. The van der Waals surface area contributed by atoms with E-state index in [2.05, 4.69) is 17.2 Å². The topological polar surface area (TPSA) is 42.0 Å². The van der Waals surface area contributed by atoms with Crippen LogP contribution in [0.15, 0.2) is 5.38 Å². The summed E-state index contributed by atoms with van der Waals surface area (Å²) in [5.41, 5.74) is 0.970. The standard InChI is InChI=1S/C22H40N2OS/c1-3-4-5-6-7-8-9-10-11-12-13-14-15-16-17-18-21(25)24-22-23-20(2)19-26-22/h19H,3-18H2,1-2H3,(H,23,24,25). The monoisotopic (exact) mass is 380 g/mol. The second-order valence-electron chi connectivity index (χ2n) is 7.54. The Morgan fingerprint density at radius 1 is 0.846 bits per heavy atom. The fourth-order valence-corrected chi connectivity index (χ4v) is 3.95. The molecule has 0 aliphatic carbocycles. The van der Waals surface area contributed by atoms with Crippen LogP contribution in [0, 0.1) is 6.92 Å². The second kappa shape index (κ2) is 16.3. The quantitative estimate of drug-likeness (QED) is 0.282. The number of carbonyl (C=O) groups excluding carboxylic acids is 1. The van der Waals surface area contributed by atoms with Crippen molar-refractivity contribution in [2.24, 2.45) is 0 Å². The number of carbonyl (C=O) groups is 1. The average molecular weight is 381 g/mol. The molecule has 4 heteroatoms. The lowest BCUT2D eigenvalue weighted by Crippen LogP contribution is -2.10. The number of thiazole rings is 1. The van der Waals surface area contributed by atoms with Gasteiger partial charge in [-0.3, -0.25) is 4.79 Å².